The highest BCUT2D eigenvalue weighted by molar-refractivity contribution is 5.98. The Morgan fingerprint density at radius 2 is 2.00 bits per heavy atom. The minimum Gasteiger partial charge on any atom is -0.398 e. The molecule has 0 radical (unpaired) electrons. The first-order chi connectivity index (χ1) is 7.95. The van der Waals surface area contributed by atoms with Gasteiger partial charge >= 0.3 is 0 Å². The van der Waals surface area contributed by atoms with Crippen LogP contribution in [-0.4, -0.2) is 24.9 Å². The van der Waals surface area contributed by atoms with Crippen LogP contribution in [0.25, 0.3) is 0 Å². The smallest absolute Gasteiger partial charge is 0.251 e. The molecule has 0 aliphatic heterocycles. The maximum atomic E-state index is 11.8. The molecule has 1 atom stereocenters. The second-order valence-corrected chi connectivity index (χ2v) is 3.88. The number of rotatable bonds is 3. The van der Waals surface area contributed by atoms with Crippen LogP contribution in [0.5, 0.6) is 0 Å². The van der Waals surface area contributed by atoms with Crippen molar-refractivity contribution in [3.63, 3.8) is 0 Å². The second-order valence-electron chi connectivity index (χ2n) is 3.88. The molecular formula is C12H17N3O2. The third-order valence-electron chi connectivity index (χ3n) is 2.53. The summed E-state index contributed by atoms with van der Waals surface area (Å²) in [4.78, 5) is 23.0. The van der Waals surface area contributed by atoms with Crippen LogP contribution in [0.2, 0.25) is 0 Å². The summed E-state index contributed by atoms with van der Waals surface area (Å²) in [6, 6.07) is 4.48. The van der Waals surface area contributed by atoms with Crippen molar-refractivity contribution in [1.29, 1.82) is 0 Å². The van der Waals surface area contributed by atoms with Gasteiger partial charge in [0.15, 0.2) is 0 Å². The van der Waals surface area contributed by atoms with Crippen molar-refractivity contribution in [2.75, 3.05) is 12.8 Å². The van der Waals surface area contributed by atoms with Gasteiger partial charge in [0.05, 0.1) is 0 Å². The summed E-state index contributed by atoms with van der Waals surface area (Å²) in [5.41, 5.74) is 7.64. The minimum atomic E-state index is -0.574. The molecule has 1 aromatic rings. The minimum absolute atomic E-state index is 0.238. The Hall–Kier alpha value is -2.04. The average Bonchev–Trinajstić information content (AvgIpc) is 2.31. The van der Waals surface area contributed by atoms with Gasteiger partial charge in [0.1, 0.15) is 6.04 Å². The van der Waals surface area contributed by atoms with E-state index in [0.29, 0.717) is 11.3 Å². The number of amides is 2. The number of anilines is 1. The van der Waals surface area contributed by atoms with Crippen LogP contribution in [0.4, 0.5) is 5.69 Å². The van der Waals surface area contributed by atoms with E-state index in [2.05, 4.69) is 10.6 Å². The van der Waals surface area contributed by atoms with E-state index >= 15 is 0 Å². The zero-order chi connectivity index (χ0) is 13.0. The molecule has 0 aromatic heterocycles. The van der Waals surface area contributed by atoms with Crippen molar-refractivity contribution in [2.24, 2.45) is 0 Å². The van der Waals surface area contributed by atoms with Gasteiger partial charge in [-0.3, -0.25) is 9.59 Å². The van der Waals surface area contributed by atoms with Crippen molar-refractivity contribution in [2.45, 2.75) is 19.9 Å². The van der Waals surface area contributed by atoms with E-state index in [1.54, 1.807) is 25.1 Å². The molecular weight excluding hydrogens is 218 g/mol. The first-order valence-corrected chi connectivity index (χ1v) is 5.34. The van der Waals surface area contributed by atoms with Crippen LogP contribution < -0.4 is 16.4 Å². The van der Waals surface area contributed by atoms with Gasteiger partial charge in [0.2, 0.25) is 5.91 Å². The van der Waals surface area contributed by atoms with Gasteiger partial charge in [-0.15, -0.1) is 0 Å². The molecule has 2 amide bonds. The standard InChI is InChI=1S/C12H17N3O2/c1-7-4-5-9(6-10(7)13)12(17)15-8(2)11(16)14-3/h4-6,8H,13H2,1-3H3,(H,14,16)(H,15,17). The van der Waals surface area contributed by atoms with E-state index in [4.69, 9.17) is 5.73 Å². The van der Waals surface area contributed by atoms with Crippen molar-refractivity contribution in [3.05, 3.63) is 29.3 Å². The fourth-order valence-electron chi connectivity index (χ4n) is 1.34. The Morgan fingerprint density at radius 1 is 1.35 bits per heavy atom. The fourth-order valence-corrected chi connectivity index (χ4v) is 1.34. The number of likely N-dealkylation sites (N-methyl/N-ethyl adjacent to an activating group) is 1. The summed E-state index contributed by atoms with van der Waals surface area (Å²) in [6.45, 7) is 3.48. The molecule has 92 valence electrons. The number of hydrogen-bond donors (Lipinski definition) is 3. The van der Waals surface area contributed by atoms with E-state index in [1.165, 1.54) is 7.05 Å². The molecule has 1 rings (SSSR count). The Morgan fingerprint density at radius 3 is 2.53 bits per heavy atom. The Labute approximate surface area is 100 Å². The molecule has 0 aliphatic rings. The lowest BCUT2D eigenvalue weighted by molar-refractivity contribution is -0.122. The molecule has 0 saturated heterocycles. The Balaban J connectivity index is 2.76. The molecule has 0 fully saturated rings. The van der Waals surface area contributed by atoms with Crippen LogP contribution in [0.3, 0.4) is 0 Å². The number of nitrogens with two attached hydrogens (primary N) is 1. The molecule has 0 spiro atoms. The van der Waals surface area contributed by atoms with Gasteiger partial charge in [0, 0.05) is 18.3 Å². The molecule has 0 aliphatic carbocycles. The molecule has 4 N–H and O–H groups in total. The molecule has 0 saturated carbocycles. The van der Waals surface area contributed by atoms with Gasteiger partial charge in [-0.2, -0.15) is 0 Å². The summed E-state index contributed by atoms with van der Waals surface area (Å²) in [6.07, 6.45) is 0. The van der Waals surface area contributed by atoms with Gasteiger partial charge in [-0.05, 0) is 31.5 Å². The van der Waals surface area contributed by atoms with E-state index in [-0.39, 0.29) is 11.8 Å². The zero-order valence-corrected chi connectivity index (χ0v) is 10.2. The molecule has 5 nitrogen and oxygen atoms in total. The van der Waals surface area contributed by atoms with Crippen molar-refractivity contribution < 1.29 is 9.59 Å². The van der Waals surface area contributed by atoms with Crippen LogP contribution in [0.15, 0.2) is 18.2 Å². The van der Waals surface area contributed by atoms with Crippen molar-refractivity contribution >= 4 is 17.5 Å². The normalized spacial score (nSPS) is 11.7. The van der Waals surface area contributed by atoms with E-state index in [9.17, 15) is 9.59 Å². The predicted octanol–water partition coefficient (Wildman–Crippen LogP) is 0.442. The van der Waals surface area contributed by atoms with Crippen LogP contribution in [0, 0.1) is 6.92 Å². The topological polar surface area (TPSA) is 84.2 Å². The predicted molar refractivity (Wildman–Crippen MR) is 66.6 cm³/mol. The summed E-state index contributed by atoms with van der Waals surface area (Å²) in [7, 11) is 1.52. The third kappa shape index (κ3) is 3.21. The summed E-state index contributed by atoms with van der Waals surface area (Å²) < 4.78 is 0. The number of carbonyl (C=O) groups is 2. The highest BCUT2D eigenvalue weighted by Crippen LogP contribution is 2.12. The van der Waals surface area contributed by atoms with E-state index < -0.39 is 6.04 Å². The highest BCUT2D eigenvalue weighted by Gasteiger charge is 2.15. The lowest BCUT2D eigenvalue weighted by atomic mass is 10.1. The number of carbonyl (C=O) groups excluding carboxylic acids is 2. The van der Waals surface area contributed by atoms with Crippen molar-refractivity contribution in [3.8, 4) is 0 Å². The lowest BCUT2D eigenvalue weighted by Crippen LogP contribution is -2.43. The largest absolute Gasteiger partial charge is 0.398 e. The number of benzene rings is 1. The third-order valence-corrected chi connectivity index (χ3v) is 2.53. The summed E-state index contributed by atoms with van der Waals surface area (Å²) in [5, 5.41) is 5.05. The Bertz CT molecular complexity index is 443. The van der Waals surface area contributed by atoms with Gasteiger partial charge in [-0.1, -0.05) is 6.07 Å². The van der Waals surface area contributed by atoms with Crippen LogP contribution in [-0.2, 0) is 4.79 Å². The maximum Gasteiger partial charge on any atom is 0.251 e. The number of nitrogen functional groups attached to an aromatic ring is 1. The maximum absolute atomic E-state index is 11.8. The highest BCUT2D eigenvalue weighted by atomic mass is 16.2. The SMILES string of the molecule is CNC(=O)C(C)NC(=O)c1ccc(C)c(N)c1. The molecule has 0 heterocycles. The summed E-state index contributed by atoms with van der Waals surface area (Å²) in [5.74, 6) is -0.550. The molecule has 1 unspecified atom stereocenters. The molecule has 0 bridgehead atoms. The van der Waals surface area contributed by atoms with Gasteiger partial charge in [-0.25, -0.2) is 0 Å². The second kappa shape index (κ2) is 5.34. The lowest BCUT2D eigenvalue weighted by Gasteiger charge is -2.12. The first kappa shape index (κ1) is 13.0. The quantitative estimate of drug-likeness (QED) is 0.665. The van der Waals surface area contributed by atoms with Crippen LogP contribution >= 0.6 is 0 Å². The first-order valence-electron chi connectivity index (χ1n) is 5.34. The Kier molecular flexibility index (Phi) is 4.09. The van der Waals surface area contributed by atoms with Gasteiger partial charge in [0.25, 0.3) is 5.91 Å². The number of aryl methyl sites for hydroxylation is 1. The molecule has 17 heavy (non-hydrogen) atoms. The van der Waals surface area contributed by atoms with Crippen LogP contribution in [0.1, 0.15) is 22.8 Å². The monoisotopic (exact) mass is 235 g/mol. The fraction of sp³-hybridized carbons (Fsp3) is 0.333. The number of hydrogen-bond acceptors (Lipinski definition) is 3. The van der Waals surface area contributed by atoms with E-state index in [0.717, 1.165) is 5.56 Å². The summed E-state index contributed by atoms with van der Waals surface area (Å²) >= 11 is 0. The van der Waals surface area contributed by atoms with Crippen molar-refractivity contribution in [1.82, 2.24) is 10.6 Å². The number of nitrogens with one attached hydrogen (secondary N) is 2. The van der Waals surface area contributed by atoms with E-state index in [1.807, 2.05) is 6.92 Å². The zero-order valence-electron chi connectivity index (χ0n) is 10.2. The molecule has 5 heteroatoms. The van der Waals surface area contributed by atoms with Gasteiger partial charge < -0.3 is 16.4 Å². The molecule has 1 aromatic carbocycles. The average molecular weight is 235 g/mol.